The highest BCUT2D eigenvalue weighted by Crippen LogP contribution is 2.29. The summed E-state index contributed by atoms with van der Waals surface area (Å²) in [6, 6.07) is 1.31. The highest BCUT2D eigenvalue weighted by molar-refractivity contribution is 6.36. The van der Waals surface area contributed by atoms with E-state index >= 15 is 0 Å². The maximum absolute atomic E-state index is 13.1. The summed E-state index contributed by atoms with van der Waals surface area (Å²) in [7, 11) is 0. The van der Waals surface area contributed by atoms with Crippen molar-refractivity contribution in [2.75, 3.05) is 5.32 Å². The van der Waals surface area contributed by atoms with Crippen LogP contribution in [0.15, 0.2) is 12.1 Å². The minimum atomic E-state index is -5.17. The predicted molar refractivity (Wildman–Crippen MR) is 53.1 cm³/mol. The van der Waals surface area contributed by atoms with Crippen molar-refractivity contribution in [3.8, 4) is 0 Å². The molecular weight excluding hydrogens is 282 g/mol. The van der Waals surface area contributed by atoms with Gasteiger partial charge < -0.3 is 10.4 Å². The monoisotopic (exact) mass is 285 g/mol. The minimum Gasteiger partial charge on any atom is -0.478 e. The van der Waals surface area contributed by atoms with E-state index in [0.29, 0.717) is 6.07 Å². The van der Waals surface area contributed by atoms with E-state index in [1.807, 2.05) is 0 Å². The molecule has 0 aromatic heterocycles. The van der Waals surface area contributed by atoms with Gasteiger partial charge in [0.1, 0.15) is 11.4 Å². The van der Waals surface area contributed by atoms with E-state index in [1.165, 1.54) is 5.32 Å². The summed E-state index contributed by atoms with van der Waals surface area (Å²) in [4.78, 5) is 21.2. The predicted octanol–water partition coefficient (Wildman–Crippen LogP) is 2.68. The van der Waals surface area contributed by atoms with Gasteiger partial charge in [-0.3, -0.25) is 4.79 Å². The van der Waals surface area contributed by atoms with E-state index in [-0.39, 0.29) is 0 Å². The molecule has 9 heteroatoms. The van der Waals surface area contributed by atoms with Gasteiger partial charge in [0.25, 0.3) is 0 Å². The number of nitrogens with one attached hydrogen (secondary N) is 1. The van der Waals surface area contributed by atoms with E-state index in [2.05, 4.69) is 0 Å². The number of alkyl halides is 3. The first-order valence-electron chi connectivity index (χ1n) is 4.24. The number of anilines is 1. The smallest absolute Gasteiger partial charge is 0.471 e. The molecule has 0 aliphatic heterocycles. The lowest BCUT2D eigenvalue weighted by Gasteiger charge is -2.11. The zero-order valence-electron chi connectivity index (χ0n) is 8.31. The van der Waals surface area contributed by atoms with Crippen molar-refractivity contribution in [3.05, 3.63) is 28.5 Å². The molecule has 0 aliphatic rings. The van der Waals surface area contributed by atoms with Crippen LogP contribution in [0, 0.1) is 5.82 Å². The second-order valence-corrected chi connectivity index (χ2v) is 3.42. The number of halogens is 5. The molecule has 0 saturated carbocycles. The van der Waals surface area contributed by atoms with E-state index in [4.69, 9.17) is 16.7 Å². The Morgan fingerprint density at radius 3 is 2.28 bits per heavy atom. The van der Waals surface area contributed by atoms with Crippen LogP contribution < -0.4 is 5.32 Å². The molecule has 0 atom stereocenters. The molecule has 18 heavy (non-hydrogen) atoms. The molecule has 2 N–H and O–H groups in total. The molecule has 1 rings (SSSR count). The number of carboxylic acids is 1. The molecule has 4 nitrogen and oxygen atoms in total. The molecule has 0 spiro atoms. The first kappa shape index (κ1) is 14.2. The van der Waals surface area contributed by atoms with Crippen molar-refractivity contribution in [2.24, 2.45) is 0 Å². The molecule has 0 fully saturated rings. The zero-order chi connectivity index (χ0) is 14.1. The molecule has 0 bridgehead atoms. The Morgan fingerprint density at radius 1 is 1.28 bits per heavy atom. The van der Waals surface area contributed by atoms with Gasteiger partial charge in [0, 0.05) is 0 Å². The molecule has 98 valence electrons. The van der Waals surface area contributed by atoms with Crippen molar-refractivity contribution in [1.29, 1.82) is 0 Å². The van der Waals surface area contributed by atoms with Crippen LogP contribution in [-0.2, 0) is 4.79 Å². The van der Waals surface area contributed by atoms with Gasteiger partial charge in [-0.25, -0.2) is 9.18 Å². The Hall–Kier alpha value is -1.83. The third kappa shape index (κ3) is 2.89. The fraction of sp³-hybridized carbons (Fsp3) is 0.111. The molecule has 0 aliphatic carbocycles. The summed E-state index contributed by atoms with van der Waals surface area (Å²) in [6.45, 7) is 0. The Morgan fingerprint density at radius 2 is 1.83 bits per heavy atom. The summed E-state index contributed by atoms with van der Waals surface area (Å²) in [5.41, 5.74) is -1.66. The Kier molecular flexibility index (Phi) is 3.80. The lowest BCUT2D eigenvalue weighted by Crippen LogP contribution is -2.30. The van der Waals surface area contributed by atoms with Gasteiger partial charge in [-0.05, 0) is 12.1 Å². The normalized spacial score (nSPS) is 11.2. The van der Waals surface area contributed by atoms with Gasteiger partial charge in [-0.2, -0.15) is 13.2 Å². The van der Waals surface area contributed by atoms with Crippen LogP contribution in [0.1, 0.15) is 10.4 Å². The second kappa shape index (κ2) is 4.81. The number of hydrogen-bond donors (Lipinski definition) is 2. The van der Waals surface area contributed by atoms with E-state index in [9.17, 15) is 27.2 Å². The molecule has 1 aromatic rings. The number of carbonyl (C=O) groups is 2. The minimum absolute atomic E-state index is 0.585. The van der Waals surface area contributed by atoms with Gasteiger partial charge in [0.05, 0.1) is 10.7 Å². The van der Waals surface area contributed by atoms with Crippen molar-refractivity contribution < 1.29 is 32.3 Å². The van der Waals surface area contributed by atoms with Crippen LogP contribution in [0.2, 0.25) is 5.02 Å². The first-order valence-corrected chi connectivity index (χ1v) is 4.62. The van der Waals surface area contributed by atoms with Crippen LogP contribution in [0.5, 0.6) is 0 Å². The van der Waals surface area contributed by atoms with Gasteiger partial charge in [0.2, 0.25) is 0 Å². The number of rotatable bonds is 2. The molecule has 1 amide bonds. The fourth-order valence-electron chi connectivity index (χ4n) is 1.04. The number of benzene rings is 1. The summed E-state index contributed by atoms with van der Waals surface area (Å²) in [5.74, 6) is -5.33. The van der Waals surface area contributed by atoms with Gasteiger partial charge >= 0.3 is 18.1 Å². The number of carboxylic acid groups (broad SMARTS) is 1. The highest BCUT2D eigenvalue weighted by Gasteiger charge is 2.39. The zero-order valence-corrected chi connectivity index (χ0v) is 9.06. The van der Waals surface area contributed by atoms with Crippen LogP contribution in [0.3, 0.4) is 0 Å². The summed E-state index contributed by atoms with van der Waals surface area (Å²) >= 11 is 5.40. The molecule has 0 radical (unpaired) electrons. The molecule has 0 unspecified atom stereocenters. The molecule has 0 heterocycles. The SMILES string of the molecule is O=C(O)c1c(F)ccc(NC(=O)C(F)(F)F)c1Cl. The number of aromatic carboxylic acids is 1. The first-order chi connectivity index (χ1) is 8.14. The lowest BCUT2D eigenvalue weighted by atomic mass is 10.2. The van der Waals surface area contributed by atoms with Crippen LogP contribution in [-0.4, -0.2) is 23.2 Å². The maximum atomic E-state index is 13.1. The van der Waals surface area contributed by atoms with E-state index in [0.717, 1.165) is 6.07 Å². The summed E-state index contributed by atoms with van der Waals surface area (Å²) in [5, 5.41) is 9.13. The third-order valence-electron chi connectivity index (χ3n) is 1.81. The Balaban J connectivity index is 3.17. The Bertz CT molecular complexity index is 515. The van der Waals surface area contributed by atoms with E-state index < -0.39 is 40.1 Å². The standard InChI is InChI=1S/C9H4ClF4NO3/c10-6-4(15-8(18)9(12,13)14)2-1-3(11)5(6)7(16)17/h1-2H,(H,15,18)(H,16,17). The van der Waals surface area contributed by atoms with Crippen molar-refractivity contribution in [2.45, 2.75) is 6.18 Å². The van der Waals surface area contributed by atoms with Crippen LogP contribution >= 0.6 is 11.6 Å². The van der Waals surface area contributed by atoms with E-state index in [1.54, 1.807) is 0 Å². The van der Waals surface area contributed by atoms with Gasteiger partial charge in [0.15, 0.2) is 0 Å². The highest BCUT2D eigenvalue weighted by atomic mass is 35.5. The average molecular weight is 286 g/mol. The maximum Gasteiger partial charge on any atom is 0.471 e. The topological polar surface area (TPSA) is 66.4 Å². The van der Waals surface area contributed by atoms with Gasteiger partial charge in [-0.15, -0.1) is 0 Å². The van der Waals surface area contributed by atoms with Crippen LogP contribution in [0.25, 0.3) is 0 Å². The number of hydrogen-bond acceptors (Lipinski definition) is 2. The third-order valence-corrected chi connectivity index (χ3v) is 2.20. The molecule has 1 aromatic carbocycles. The average Bonchev–Trinajstić information content (AvgIpc) is 2.20. The van der Waals surface area contributed by atoms with Crippen molar-refractivity contribution in [3.63, 3.8) is 0 Å². The van der Waals surface area contributed by atoms with Crippen LogP contribution in [0.4, 0.5) is 23.2 Å². The largest absolute Gasteiger partial charge is 0.478 e. The number of amides is 1. The molecular formula is C9H4ClF4NO3. The molecule has 0 saturated heterocycles. The fourth-order valence-corrected chi connectivity index (χ4v) is 1.32. The van der Waals surface area contributed by atoms with Gasteiger partial charge in [-0.1, -0.05) is 11.6 Å². The lowest BCUT2D eigenvalue weighted by molar-refractivity contribution is -0.167. The summed E-state index contributed by atoms with van der Waals surface area (Å²) in [6.07, 6.45) is -5.17. The van der Waals surface area contributed by atoms with Crippen molar-refractivity contribution in [1.82, 2.24) is 0 Å². The van der Waals surface area contributed by atoms with Crippen molar-refractivity contribution >= 4 is 29.2 Å². The quantitative estimate of drug-likeness (QED) is 0.821. The Labute approximate surface area is 102 Å². The number of carbonyl (C=O) groups excluding carboxylic acids is 1. The summed E-state index contributed by atoms with van der Waals surface area (Å²) < 4.78 is 48.9. The second-order valence-electron chi connectivity index (χ2n) is 3.04.